The number of hydrogen-bond donors (Lipinski definition) is 0. The highest BCUT2D eigenvalue weighted by Crippen LogP contribution is 2.39. The molecule has 2 aliphatic heterocycles. The van der Waals surface area contributed by atoms with Crippen molar-refractivity contribution in [3.05, 3.63) is 47.2 Å². The van der Waals surface area contributed by atoms with Gasteiger partial charge in [0.15, 0.2) is 5.13 Å². The number of hydrogen-bond acceptors (Lipinski definition) is 6. The van der Waals surface area contributed by atoms with Crippen LogP contribution in [0.1, 0.15) is 16.7 Å². The molecular weight excluding hydrogens is 354 g/mol. The third kappa shape index (κ3) is 2.65. The Morgan fingerprint density at radius 2 is 1.81 bits per heavy atom. The molecule has 0 saturated carbocycles. The minimum Gasteiger partial charge on any atom is -0.355 e. The number of benzene rings is 1. The van der Waals surface area contributed by atoms with Crippen LogP contribution >= 0.6 is 11.3 Å². The zero-order chi connectivity index (χ0) is 18.5. The molecule has 0 radical (unpaired) electrons. The molecule has 136 valence electrons. The van der Waals surface area contributed by atoms with Crippen LogP contribution in [0.4, 0.5) is 10.9 Å². The number of nitriles is 1. The second kappa shape index (κ2) is 6.21. The average Bonchev–Trinajstić information content (AvgIpc) is 3.37. The third-order valence-electron chi connectivity index (χ3n) is 6.04. The predicted molar refractivity (Wildman–Crippen MR) is 109 cm³/mol. The van der Waals surface area contributed by atoms with Crippen LogP contribution in [0.5, 0.6) is 0 Å². The zero-order valence-corrected chi connectivity index (χ0v) is 16.3. The summed E-state index contributed by atoms with van der Waals surface area (Å²) in [5.41, 5.74) is 4.42. The first-order valence-electron chi connectivity index (χ1n) is 9.36. The second-order valence-electron chi connectivity index (χ2n) is 7.67. The highest BCUT2D eigenvalue weighted by Gasteiger charge is 2.41. The van der Waals surface area contributed by atoms with Gasteiger partial charge in [0.2, 0.25) is 0 Å². The number of fused-ring (bicyclic) bond motifs is 2. The summed E-state index contributed by atoms with van der Waals surface area (Å²) < 4.78 is 1.28. The molecule has 5 rings (SSSR count). The van der Waals surface area contributed by atoms with E-state index >= 15 is 0 Å². The Bertz CT molecular complexity index is 1050. The van der Waals surface area contributed by atoms with E-state index < -0.39 is 0 Å². The van der Waals surface area contributed by atoms with Gasteiger partial charge in [-0.25, -0.2) is 9.97 Å². The van der Waals surface area contributed by atoms with Crippen LogP contribution in [0.25, 0.3) is 10.2 Å². The summed E-state index contributed by atoms with van der Waals surface area (Å²) >= 11 is 1.81. The molecule has 6 heteroatoms. The Kier molecular flexibility index (Phi) is 3.80. The van der Waals surface area contributed by atoms with Gasteiger partial charge >= 0.3 is 0 Å². The van der Waals surface area contributed by atoms with Crippen LogP contribution in [0.2, 0.25) is 0 Å². The van der Waals surface area contributed by atoms with E-state index in [2.05, 4.69) is 46.8 Å². The minimum absolute atomic E-state index is 0.605. The summed E-state index contributed by atoms with van der Waals surface area (Å²) in [6.45, 7) is 8.32. The second-order valence-corrected chi connectivity index (χ2v) is 8.68. The molecule has 0 aliphatic carbocycles. The van der Waals surface area contributed by atoms with Gasteiger partial charge in [-0.2, -0.15) is 5.26 Å². The topological polar surface area (TPSA) is 56.0 Å². The number of aryl methyl sites for hydroxylation is 2. The fourth-order valence-corrected chi connectivity index (χ4v) is 5.45. The molecule has 0 bridgehead atoms. The van der Waals surface area contributed by atoms with Crippen molar-refractivity contribution >= 4 is 32.5 Å². The molecule has 27 heavy (non-hydrogen) atoms. The van der Waals surface area contributed by atoms with Crippen molar-refractivity contribution in [1.82, 2.24) is 9.97 Å². The quantitative estimate of drug-likeness (QED) is 0.683. The number of pyridine rings is 1. The Hall–Kier alpha value is -2.65. The van der Waals surface area contributed by atoms with Gasteiger partial charge in [-0.1, -0.05) is 17.4 Å². The van der Waals surface area contributed by atoms with E-state index in [1.165, 1.54) is 15.8 Å². The number of nitrogens with zero attached hydrogens (tertiary/aromatic N) is 5. The van der Waals surface area contributed by atoms with Crippen molar-refractivity contribution in [2.24, 2.45) is 11.8 Å². The van der Waals surface area contributed by atoms with Gasteiger partial charge in [-0.15, -0.1) is 0 Å². The Labute approximate surface area is 162 Å². The minimum atomic E-state index is 0.605. The molecule has 0 amide bonds. The van der Waals surface area contributed by atoms with Gasteiger partial charge < -0.3 is 9.80 Å². The highest BCUT2D eigenvalue weighted by molar-refractivity contribution is 7.22. The Morgan fingerprint density at radius 1 is 1.07 bits per heavy atom. The molecule has 0 spiro atoms. The molecule has 2 fully saturated rings. The van der Waals surface area contributed by atoms with E-state index in [9.17, 15) is 5.26 Å². The first kappa shape index (κ1) is 16.5. The van der Waals surface area contributed by atoms with Crippen LogP contribution < -0.4 is 9.80 Å². The third-order valence-corrected chi connectivity index (χ3v) is 7.12. The molecule has 4 heterocycles. The summed E-state index contributed by atoms with van der Waals surface area (Å²) in [6.07, 6.45) is 1.78. The Balaban J connectivity index is 1.36. The largest absolute Gasteiger partial charge is 0.355 e. The van der Waals surface area contributed by atoms with Crippen LogP contribution in [-0.4, -0.2) is 36.1 Å². The van der Waals surface area contributed by atoms with Gasteiger partial charge in [0, 0.05) is 44.2 Å². The smallest absolute Gasteiger partial charge is 0.186 e. The first-order chi connectivity index (χ1) is 13.1. The number of rotatable bonds is 2. The van der Waals surface area contributed by atoms with Crippen LogP contribution in [0.3, 0.4) is 0 Å². The van der Waals surface area contributed by atoms with Gasteiger partial charge in [0.25, 0.3) is 0 Å². The lowest BCUT2D eigenvalue weighted by molar-refractivity contribution is 0.533. The van der Waals surface area contributed by atoms with Crippen molar-refractivity contribution in [2.75, 3.05) is 36.0 Å². The zero-order valence-electron chi connectivity index (χ0n) is 15.5. The van der Waals surface area contributed by atoms with E-state index in [0.717, 1.165) is 42.6 Å². The maximum Gasteiger partial charge on any atom is 0.186 e. The fourth-order valence-electron chi connectivity index (χ4n) is 4.41. The lowest BCUT2D eigenvalue weighted by Gasteiger charge is -2.22. The summed E-state index contributed by atoms with van der Waals surface area (Å²) in [6, 6.07) is 10.3. The van der Waals surface area contributed by atoms with Gasteiger partial charge in [0.05, 0.1) is 15.8 Å². The summed E-state index contributed by atoms with van der Waals surface area (Å²) in [4.78, 5) is 14.2. The molecule has 2 aromatic heterocycles. The van der Waals surface area contributed by atoms with Crippen molar-refractivity contribution in [2.45, 2.75) is 13.8 Å². The van der Waals surface area contributed by atoms with E-state index in [4.69, 9.17) is 4.98 Å². The molecule has 2 atom stereocenters. The molecule has 2 aliphatic rings. The molecule has 0 N–H and O–H groups in total. The average molecular weight is 376 g/mol. The molecule has 1 aromatic carbocycles. The van der Waals surface area contributed by atoms with E-state index in [0.29, 0.717) is 17.4 Å². The monoisotopic (exact) mass is 375 g/mol. The highest BCUT2D eigenvalue weighted by atomic mass is 32.1. The molecular formula is C21H21N5S. The van der Waals surface area contributed by atoms with Gasteiger partial charge in [-0.05, 0) is 43.2 Å². The fraction of sp³-hybridized carbons (Fsp3) is 0.381. The van der Waals surface area contributed by atoms with Crippen molar-refractivity contribution in [3.63, 3.8) is 0 Å². The molecule has 5 nitrogen and oxygen atoms in total. The van der Waals surface area contributed by atoms with E-state index in [1.54, 1.807) is 17.5 Å². The Morgan fingerprint density at radius 3 is 2.56 bits per heavy atom. The SMILES string of the molecule is Cc1ccc2sc(N3CC4CN(c5ncccc5C#N)CC4C3)nc2c1C. The van der Waals surface area contributed by atoms with Crippen molar-refractivity contribution in [1.29, 1.82) is 5.26 Å². The lowest BCUT2D eigenvalue weighted by Crippen LogP contribution is -2.29. The van der Waals surface area contributed by atoms with Crippen LogP contribution in [-0.2, 0) is 0 Å². The van der Waals surface area contributed by atoms with E-state index in [1.807, 2.05) is 12.1 Å². The summed E-state index contributed by atoms with van der Waals surface area (Å²) in [5, 5.41) is 10.5. The predicted octanol–water partition coefficient (Wildman–Crippen LogP) is 3.75. The lowest BCUT2D eigenvalue weighted by atomic mass is 10.0. The maximum atomic E-state index is 9.35. The summed E-state index contributed by atoms with van der Waals surface area (Å²) in [7, 11) is 0. The number of anilines is 2. The molecule has 2 unspecified atom stereocenters. The first-order valence-corrected chi connectivity index (χ1v) is 10.2. The number of aromatic nitrogens is 2. The van der Waals surface area contributed by atoms with Crippen molar-refractivity contribution < 1.29 is 0 Å². The van der Waals surface area contributed by atoms with Crippen molar-refractivity contribution in [3.8, 4) is 6.07 Å². The maximum absolute atomic E-state index is 9.35. The molecule has 2 saturated heterocycles. The standard InChI is InChI=1S/C21H21N5S/c1-13-5-6-18-19(14(13)2)24-21(27-18)26-11-16-9-25(10-17(16)12-26)20-15(8-22)4-3-7-23-20/h3-7,16-17H,9-12H2,1-2H3. The van der Waals surface area contributed by atoms with E-state index in [-0.39, 0.29) is 0 Å². The van der Waals surface area contributed by atoms with Crippen LogP contribution in [0, 0.1) is 37.0 Å². The normalized spacial score (nSPS) is 21.7. The van der Waals surface area contributed by atoms with Gasteiger partial charge in [-0.3, -0.25) is 0 Å². The number of thiazole rings is 1. The molecule has 3 aromatic rings. The van der Waals surface area contributed by atoms with Crippen LogP contribution in [0.15, 0.2) is 30.5 Å². The van der Waals surface area contributed by atoms with Gasteiger partial charge in [0.1, 0.15) is 11.9 Å². The summed E-state index contributed by atoms with van der Waals surface area (Å²) in [5.74, 6) is 2.05.